The Morgan fingerprint density at radius 1 is 0.969 bits per heavy atom. The van der Waals surface area contributed by atoms with E-state index in [1.165, 1.54) is 10.0 Å². The summed E-state index contributed by atoms with van der Waals surface area (Å²) in [5, 5.41) is 0. The van der Waals surface area contributed by atoms with Crippen LogP contribution in [0.1, 0.15) is 18.1 Å². The number of aliphatic imine (C=N–C) groups is 1. The molecule has 0 saturated heterocycles. The van der Waals surface area contributed by atoms with E-state index in [0.29, 0.717) is 12.3 Å². The quantitative estimate of drug-likeness (QED) is 0.368. The van der Waals surface area contributed by atoms with Crippen molar-refractivity contribution in [2.75, 3.05) is 18.6 Å². The molecule has 0 atom stereocenters. The van der Waals surface area contributed by atoms with Gasteiger partial charge in [0.2, 0.25) is 0 Å². The van der Waals surface area contributed by atoms with Gasteiger partial charge in [-0.25, -0.2) is 0 Å². The number of hydrogen-bond donors (Lipinski definition) is 0. The molecule has 0 aliphatic carbocycles. The fourth-order valence-electron chi connectivity index (χ4n) is 3.28. The van der Waals surface area contributed by atoms with Crippen molar-refractivity contribution < 1.29 is 14.3 Å². The van der Waals surface area contributed by atoms with Gasteiger partial charge in [0.15, 0.2) is 0 Å². The Balaban J connectivity index is 1.70. The average molecular weight is 491 g/mol. The van der Waals surface area contributed by atoms with Gasteiger partial charge in [-0.05, 0) is 0 Å². The second kappa shape index (κ2) is 9.86. The first-order chi connectivity index (χ1) is 15.6. The van der Waals surface area contributed by atoms with Gasteiger partial charge in [0.05, 0.1) is 0 Å². The van der Waals surface area contributed by atoms with E-state index >= 15 is 0 Å². The zero-order valence-electron chi connectivity index (χ0n) is 18.2. The summed E-state index contributed by atoms with van der Waals surface area (Å²) in [5.41, 5.74) is 3.30. The van der Waals surface area contributed by atoms with Crippen LogP contribution in [0.25, 0.3) is 6.08 Å². The van der Waals surface area contributed by atoms with Crippen LogP contribution < -0.4 is 18.8 Å². The molecule has 1 aliphatic heterocycles. The predicted octanol–water partition coefficient (Wildman–Crippen LogP) is 4.18. The van der Waals surface area contributed by atoms with Crippen LogP contribution in [0.4, 0.5) is 5.69 Å². The number of benzene rings is 3. The van der Waals surface area contributed by atoms with Crippen molar-refractivity contribution in [3.05, 3.63) is 89.6 Å². The van der Waals surface area contributed by atoms with Crippen LogP contribution in [0.5, 0.6) is 11.5 Å². The number of amides is 1. The summed E-state index contributed by atoms with van der Waals surface area (Å²) < 4.78 is 12.7. The van der Waals surface area contributed by atoms with Gasteiger partial charge >= 0.3 is 195 Å². The Kier molecular flexibility index (Phi) is 6.74. The normalized spacial score (nSPS) is 14.6. The molecule has 3 aromatic carbocycles. The molecule has 32 heavy (non-hydrogen) atoms. The van der Waals surface area contributed by atoms with E-state index < -0.39 is 0 Å². The number of carbonyl (C=O) groups excluding carboxylic acids is 1. The van der Waals surface area contributed by atoms with Gasteiger partial charge in [0, 0.05) is 0 Å². The molecule has 0 radical (unpaired) electrons. The standard InChI is InChI=1S/C26H24N2O3Se/c1-4-31-22-13-9-19(10-14-22)17-23-25(29)28(20-11-15-21(30-3)16-12-20)26(27-23)32-24-8-6-5-7-18(24)2/h5-17H,4H2,1-3H3/b23-17-. The zero-order valence-corrected chi connectivity index (χ0v) is 20.0. The number of hydrogen-bond acceptors (Lipinski definition) is 4. The number of nitrogens with zero attached hydrogens (tertiary/aromatic N) is 2. The molecule has 6 heteroatoms. The molecule has 1 heterocycles. The maximum atomic E-state index is 13.4. The average Bonchev–Trinajstić information content (AvgIpc) is 3.11. The van der Waals surface area contributed by atoms with Gasteiger partial charge in [-0.1, -0.05) is 0 Å². The molecule has 162 valence electrons. The van der Waals surface area contributed by atoms with Gasteiger partial charge in [0.25, 0.3) is 0 Å². The van der Waals surface area contributed by atoms with Gasteiger partial charge in [0.1, 0.15) is 0 Å². The molecule has 0 spiro atoms. The Morgan fingerprint density at radius 3 is 2.31 bits per heavy atom. The topological polar surface area (TPSA) is 51.1 Å². The van der Waals surface area contributed by atoms with E-state index in [9.17, 15) is 4.79 Å². The Morgan fingerprint density at radius 2 is 1.66 bits per heavy atom. The zero-order chi connectivity index (χ0) is 22.5. The van der Waals surface area contributed by atoms with E-state index in [4.69, 9.17) is 14.5 Å². The Hall–Kier alpha value is -3.34. The van der Waals surface area contributed by atoms with Gasteiger partial charge in [-0.2, -0.15) is 0 Å². The molecule has 4 rings (SSSR count). The second-order valence-corrected chi connectivity index (χ2v) is 9.25. The monoisotopic (exact) mass is 492 g/mol. The number of methoxy groups -OCH3 is 1. The van der Waals surface area contributed by atoms with Crippen molar-refractivity contribution in [2.45, 2.75) is 13.8 Å². The molecule has 0 N–H and O–H groups in total. The first-order valence-corrected chi connectivity index (χ1v) is 12.1. The number of rotatable bonds is 7. The van der Waals surface area contributed by atoms with Gasteiger partial charge < -0.3 is 0 Å². The molecular weight excluding hydrogens is 467 g/mol. The summed E-state index contributed by atoms with van der Waals surface area (Å²) in [4.78, 5) is 19.9. The molecule has 5 nitrogen and oxygen atoms in total. The third-order valence-corrected chi connectivity index (χ3v) is 7.33. The number of ether oxygens (including phenoxy) is 2. The molecule has 0 bridgehead atoms. The van der Waals surface area contributed by atoms with E-state index in [-0.39, 0.29) is 20.9 Å². The summed E-state index contributed by atoms with van der Waals surface area (Å²) in [5.74, 6) is 1.42. The van der Waals surface area contributed by atoms with Crippen molar-refractivity contribution in [1.29, 1.82) is 0 Å². The molecule has 1 amide bonds. The number of amidine groups is 1. The van der Waals surface area contributed by atoms with Crippen molar-refractivity contribution in [3.8, 4) is 11.5 Å². The molecule has 1 aliphatic rings. The molecule has 0 aromatic heterocycles. The van der Waals surface area contributed by atoms with Crippen LogP contribution in [-0.2, 0) is 4.79 Å². The van der Waals surface area contributed by atoms with Crippen molar-refractivity contribution in [3.63, 3.8) is 0 Å². The Bertz CT molecular complexity index is 1170. The van der Waals surface area contributed by atoms with E-state index in [2.05, 4.69) is 19.1 Å². The third kappa shape index (κ3) is 4.77. The van der Waals surface area contributed by atoms with Crippen LogP contribution >= 0.6 is 0 Å². The van der Waals surface area contributed by atoms with Crippen molar-refractivity contribution >= 4 is 41.8 Å². The number of anilines is 1. The van der Waals surface area contributed by atoms with Crippen LogP contribution in [0.2, 0.25) is 0 Å². The second-order valence-electron chi connectivity index (χ2n) is 7.13. The summed E-state index contributed by atoms with van der Waals surface area (Å²) in [6, 6.07) is 23.4. The molecular formula is C26H24N2O3Se. The van der Waals surface area contributed by atoms with Crippen molar-refractivity contribution in [1.82, 2.24) is 0 Å². The molecule has 0 unspecified atom stereocenters. The first kappa shape index (κ1) is 21.9. The summed E-state index contributed by atoms with van der Waals surface area (Å²) in [6.07, 6.45) is 1.83. The summed E-state index contributed by atoms with van der Waals surface area (Å²) in [7, 11) is 1.63. The van der Waals surface area contributed by atoms with E-state index in [1.54, 1.807) is 12.0 Å². The molecule has 0 saturated carbocycles. The molecule has 3 aromatic rings. The predicted molar refractivity (Wildman–Crippen MR) is 130 cm³/mol. The van der Waals surface area contributed by atoms with Crippen LogP contribution in [-0.4, -0.2) is 39.3 Å². The number of aryl methyl sites for hydroxylation is 1. The minimum absolute atomic E-state index is 0.130. The fraction of sp³-hybridized carbons (Fsp3) is 0.154. The van der Waals surface area contributed by atoms with Crippen LogP contribution in [0, 0.1) is 6.92 Å². The molecule has 0 fully saturated rings. The van der Waals surface area contributed by atoms with Gasteiger partial charge in [-0.15, -0.1) is 0 Å². The van der Waals surface area contributed by atoms with E-state index in [1.807, 2.05) is 73.7 Å². The number of carbonyl (C=O) groups is 1. The third-order valence-electron chi connectivity index (χ3n) is 4.95. The van der Waals surface area contributed by atoms with Crippen molar-refractivity contribution in [2.24, 2.45) is 4.99 Å². The fourth-order valence-corrected chi connectivity index (χ4v) is 5.37. The summed E-state index contributed by atoms with van der Waals surface area (Å²) in [6.45, 7) is 4.65. The first-order valence-electron chi connectivity index (χ1n) is 10.3. The SMILES string of the molecule is CCOc1ccc(/C=C2\N=C([Se]c3ccccc3C)N(c3ccc(OC)cc3)C2=O)cc1. The minimum atomic E-state index is -0.130. The maximum absolute atomic E-state index is 13.4. The van der Waals surface area contributed by atoms with Crippen LogP contribution in [0.15, 0.2) is 83.5 Å². The van der Waals surface area contributed by atoms with E-state index in [0.717, 1.165) is 27.5 Å². The van der Waals surface area contributed by atoms with Crippen LogP contribution in [0.3, 0.4) is 0 Å². The van der Waals surface area contributed by atoms with Gasteiger partial charge in [-0.3, -0.25) is 0 Å². The summed E-state index contributed by atoms with van der Waals surface area (Å²) >= 11 is -0.130. The Labute approximate surface area is 194 Å².